The zero-order valence-electron chi connectivity index (χ0n) is 17.1. The van der Waals surface area contributed by atoms with Crippen molar-refractivity contribution in [3.63, 3.8) is 0 Å². The van der Waals surface area contributed by atoms with Crippen molar-refractivity contribution < 1.29 is 28.2 Å². The summed E-state index contributed by atoms with van der Waals surface area (Å²) in [6, 6.07) is 14.5. The number of para-hydroxylation sites is 1. The van der Waals surface area contributed by atoms with Crippen LogP contribution in [-0.4, -0.2) is 48.6 Å². The molecule has 0 saturated heterocycles. The van der Waals surface area contributed by atoms with Crippen LogP contribution in [0.15, 0.2) is 48.5 Å². The highest BCUT2D eigenvalue weighted by Gasteiger charge is 2.51. The lowest BCUT2D eigenvalue weighted by atomic mass is 9.92. The summed E-state index contributed by atoms with van der Waals surface area (Å²) in [6.45, 7) is 0. The van der Waals surface area contributed by atoms with Crippen LogP contribution in [0.2, 0.25) is 0 Å². The topological polar surface area (TPSA) is 113 Å². The van der Waals surface area contributed by atoms with E-state index in [0.717, 1.165) is 16.7 Å². The Balaban J connectivity index is 1.48. The largest absolute Gasteiger partial charge is 0.489 e. The highest BCUT2D eigenvalue weighted by molar-refractivity contribution is 7.89. The lowest BCUT2D eigenvalue weighted by Gasteiger charge is -2.22. The maximum atomic E-state index is 12.8. The molecule has 2 aromatic carbocycles. The van der Waals surface area contributed by atoms with Gasteiger partial charge in [0.15, 0.2) is 0 Å². The van der Waals surface area contributed by atoms with Crippen molar-refractivity contribution in [1.29, 1.82) is 0 Å². The number of carboxylic acid groups (broad SMARTS) is 1. The smallest absolute Gasteiger partial charge is 0.303 e. The van der Waals surface area contributed by atoms with Crippen molar-refractivity contribution in [3.05, 3.63) is 65.2 Å². The number of hydrogen-bond acceptors (Lipinski definition) is 5. The van der Waals surface area contributed by atoms with Crippen LogP contribution in [0.25, 0.3) is 0 Å². The summed E-state index contributed by atoms with van der Waals surface area (Å²) in [6.07, 6.45) is 0.776. The lowest BCUT2D eigenvalue weighted by molar-refractivity contribution is -0.137. The molecule has 0 aromatic heterocycles. The van der Waals surface area contributed by atoms with Gasteiger partial charge >= 0.3 is 5.97 Å². The van der Waals surface area contributed by atoms with Crippen molar-refractivity contribution in [3.8, 4) is 5.75 Å². The number of rotatable bonds is 9. The predicted octanol–water partition coefficient (Wildman–Crippen LogP) is 2.23. The van der Waals surface area contributed by atoms with Gasteiger partial charge in [0, 0.05) is 24.3 Å². The molecule has 1 aliphatic carbocycles. The van der Waals surface area contributed by atoms with E-state index in [1.54, 1.807) is 0 Å². The zero-order chi connectivity index (χ0) is 22.0. The van der Waals surface area contributed by atoms with Gasteiger partial charge in [-0.15, -0.1) is 0 Å². The Morgan fingerprint density at radius 2 is 1.87 bits per heavy atom. The molecule has 3 N–H and O–H groups in total. The lowest BCUT2D eigenvalue weighted by Crippen LogP contribution is -2.44. The van der Waals surface area contributed by atoms with E-state index in [-0.39, 0.29) is 24.2 Å². The molecular weight excluding hydrogens is 418 g/mol. The van der Waals surface area contributed by atoms with Gasteiger partial charge in [0.25, 0.3) is 0 Å². The molecule has 1 saturated carbocycles. The molecule has 31 heavy (non-hydrogen) atoms. The molecule has 2 aliphatic rings. The zero-order valence-corrected chi connectivity index (χ0v) is 17.9. The highest BCUT2D eigenvalue weighted by atomic mass is 32.2. The number of aryl methyl sites for hydroxylation is 2. The summed E-state index contributed by atoms with van der Waals surface area (Å²) in [7, 11) is -3.60. The Bertz CT molecular complexity index is 1040. The van der Waals surface area contributed by atoms with Crippen LogP contribution in [0.4, 0.5) is 0 Å². The van der Waals surface area contributed by atoms with Crippen molar-refractivity contribution in [2.75, 3.05) is 5.75 Å². The highest BCUT2D eigenvalue weighted by Crippen LogP contribution is 2.49. The standard InChI is InChI=1S/C23H27NO6S/c25-18-14-19-21(17-10-4-8-16(23(17)30-19)9-5-11-20(26)27)22(18)24-31(28,29)13-12-15-6-2-1-3-7-15/h1-4,6-8,10,18-19,21-22,24-25H,5,9,11-14H2,(H,26,27). The summed E-state index contributed by atoms with van der Waals surface area (Å²) in [5.41, 5.74) is 2.75. The minimum absolute atomic E-state index is 0.0550. The number of carboxylic acids is 1. The Morgan fingerprint density at radius 1 is 1.10 bits per heavy atom. The molecule has 4 rings (SSSR count). The molecule has 2 aromatic rings. The molecule has 0 radical (unpaired) electrons. The number of nitrogens with one attached hydrogen (secondary N) is 1. The van der Waals surface area contributed by atoms with E-state index in [0.29, 0.717) is 31.4 Å². The van der Waals surface area contributed by atoms with E-state index < -0.39 is 28.1 Å². The number of sulfonamides is 1. The van der Waals surface area contributed by atoms with Gasteiger partial charge in [-0.3, -0.25) is 4.79 Å². The third kappa shape index (κ3) is 4.92. The number of carbonyl (C=O) groups is 1. The summed E-state index contributed by atoms with van der Waals surface area (Å²) in [5, 5.41) is 19.4. The van der Waals surface area contributed by atoms with Gasteiger partial charge in [-0.2, -0.15) is 0 Å². The molecule has 1 fully saturated rings. The fourth-order valence-corrected chi connectivity index (χ4v) is 5.96. The number of fused-ring (bicyclic) bond motifs is 3. The third-order valence-electron chi connectivity index (χ3n) is 6.09. The molecule has 7 nitrogen and oxygen atoms in total. The average molecular weight is 446 g/mol. The maximum absolute atomic E-state index is 12.8. The molecule has 4 atom stereocenters. The first-order valence-corrected chi connectivity index (χ1v) is 12.2. The van der Waals surface area contributed by atoms with Crippen LogP contribution in [-0.2, 0) is 27.7 Å². The molecule has 8 heteroatoms. The molecular formula is C23H27NO6S. The Morgan fingerprint density at radius 3 is 2.61 bits per heavy atom. The Labute approximate surface area is 182 Å². The van der Waals surface area contributed by atoms with E-state index >= 15 is 0 Å². The molecule has 1 aliphatic heterocycles. The number of hydrogen-bond donors (Lipinski definition) is 3. The SMILES string of the molecule is O=C(O)CCCc1cccc2c1OC1CC(O)C(NS(=O)(=O)CCc3ccccc3)C21. The van der Waals surface area contributed by atoms with Crippen molar-refractivity contribution in [2.45, 2.75) is 56.3 Å². The van der Waals surface area contributed by atoms with Gasteiger partial charge in [0.1, 0.15) is 11.9 Å². The van der Waals surface area contributed by atoms with Crippen molar-refractivity contribution in [1.82, 2.24) is 4.72 Å². The van der Waals surface area contributed by atoms with Crippen molar-refractivity contribution >= 4 is 16.0 Å². The monoisotopic (exact) mass is 445 g/mol. The second kappa shape index (κ2) is 8.98. The molecule has 1 heterocycles. The minimum Gasteiger partial charge on any atom is -0.489 e. The van der Waals surface area contributed by atoms with Gasteiger partial charge in [-0.1, -0.05) is 48.5 Å². The Kier molecular flexibility index (Phi) is 6.31. The molecule has 0 amide bonds. The van der Waals surface area contributed by atoms with Crippen LogP contribution >= 0.6 is 0 Å². The first-order chi connectivity index (χ1) is 14.8. The van der Waals surface area contributed by atoms with Crippen molar-refractivity contribution in [2.24, 2.45) is 0 Å². The number of aliphatic carboxylic acids is 1. The van der Waals surface area contributed by atoms with Crippen LogP contribution in [0.5, 0.6) is 5.75 Å². The van der Waals surface area contributed by atoms with Crippen LogP contribution in [0.3, 0.4) is 0 Å². The fraction of sp³-hybridized carbons (Fsp3) is 0.435. The van der Waals surface area contributed by atoms with Crippen LogP contribution in [0.1, 0.15) is 41.9 Å². The van der Waals surface area contributed by atoms with Gasteiger partial charge in [-0.25, -0.2) is 13.1 Å². The normalized spacial score (nSPS) is 24.4. The quantitative estimate of drug-likeness (QED) is 0.546. The number of ether oxygens (including phenoxy) is 1. The number of aliphatic hydroxyl groups excluding tert-OH is 1. The van der Waals surface area contributed by atoms with Gasteiger partial charge in [-0.05, 0) is 30.4 Å². The van der Waals surface area contributed by atoms with Gasteiger partial charge in [0.2, 0.25) is 10.0 Å². The summed E-state index contributed by atoms with van der Waals surface area (Å²) < 4.78 is 34.4. The second-order valence-electron chi connectivity index (χ2n) is 8.27. The summed E-state index contributed by atoms with van der Waals surface area (Å²) in [4.78, 5) is 10.8. The second-order valence-corrected chi connectivity index (χ2v) is 10.1. The van der Waals surface area contributed by atoms with Crippen LogP contribution < -0.4 is 9.46 Å². The number of benzene rings is 2. The van der Waals surface area contributed by atoms with Crippen LogP contribution in [0, 0.1) is 0 Å². The predicted molar refractivity (Wildman–Crippen MR) is 116 cm³/mol. The molecule has 0 spiro atoms. The fourth-order valence-electron chi connectivity index (χ4n) is 4.62. The maximum Gasteiger partial charge on any atom is 0.303 e. The molecule has 4 unspecified atom stereocenters. The van der Waals surface area contributed by atoms with Gasteiger partial charge < -0.3 is 14.9 Å². The minimum atomic E-state index is -3.60. The van der Waals surface area contributed by atoms with E-state index in [9.17, 15) is 18.3 Å². The summed E-state index contributed by atoms with van der Waals surface area (Å²) >= 11 is 0. The van der Waals surface area contributed by atoms with E-state index in [4.69, 9.17) is 9.84 Å². The average Bonchev–Trinajstić information content (AvgIpc) is 3.23. The third-order valence-corrected chi connectivity index (χ3v) is 7.46. The first-order valence-electron chi connectivity index (χ1n) is 10.6. The molecule has 166 valence electrons. The Hall–Kier alpha value is -2.42. The number of aliphatic hydroxyl groups is 1. The first kappa shape index (κ1) is 21.8. The molecule has 0 bridgehead atoms. The van der Waals surface area contributed by atoms with E-state index in [2.05, 4.69) is 4.72 Å². The van der Waals surface area contributed by atoms with Gasteiger partial charge in [0.05, 0.1) is 17.9 Å². The van der Waals surface area contributed by atoms with E-state index in [1.165, 1.54) is 0 Å². The summed E-state index contributed by atoms with van der Waals surface area (Å²) in [5.74, 6) is -0.446. The van der Waals surface area contributed by atoms with E-state index in [1.807, 2.05) is 48.5 Å².